The van der Waals surface area contributed by atoms with Gasteiger partial charge in [0.05, 0.1) is 7.11 Å². The molecule has 0 saturated heterocycles. The molecule has 0 aliphatic heterocycles. The van der Waals surface area contributed by atoms with Gasteiger partial charge in [0.25, 0.3) is 0 Å². The Bertz CT molecular complexity index is 731. The minimum atomic E-state index is 0.645. The van der Waals surface area contributed by atoms with E-state index in [1.165, 1.54) is 0 Å². The van der Waals surface area contributed by atoms with Gasteiger partial charge in [-0.15, -0.1) is 0 Å². The van der Waals surface area contributed by atoms with Gasteiger partial charge in [-0.1, -0.05) is 17.3 Å². The third-order valence-electron chi connectivity index (χ3n) is 3.51. The van der Waals surface area contributed by atoms with Crippen LogP contribution in [0.25, 0.3) is 0 Å². The van der Waals surface area contributed by atoms with Crippen LogP contribution in [-0.2, 0) is 26.3 Å². The van der Waals surface area contributed by atoms with Gasteiger partial charge in [0.15, 0.2) is 5.82 Å². The van der Waals surface area contributed by atoms with E-state index in [-0.39, 0.29) is 0 Å². The fourth-order valence-electron chi connectivity index (χ4n) is 2.25. The molecular formula is C16H18N4O2. The molecule has 0 fully saturated rings. The Balaban J connectivity index is 1.59. The van der Waals surface area contributed by atoms with Crippen LogP contribution in [0.2, 0.25) is 0 Å². The predicted octanol–water partition coefficient (Wildman–Crippen LogP) is 2.19. The average Bonchev–Trinajstić information content (AvgIpc) is 3.15. The molecule has 0 bridgehead atoms. The first-order chi connectivity index (χ1) is 10.7. The normalized spacial score (nSPS) is 10.8. The molecule has 3 rings (SSSR count). The van der Waals surface area contributed by atoms with Gasteiger partial charge in [-0.2, -0.15) is 4.98 Å². The molecule has 22 heavy (non-hydrogen) atoms. The van der Waals surface area contributed by atoms with E-state index in [1.54, 1.807) is 13.3 Å². The Kier molecular flexibility index (Phi) is 4.18. The Morgan fingerprint density at radius 2 is 2.00 bits per heavy atom. The number of rotatable bonds is 6. The van der Waals surface area contributed by atoms with Crippen LogP contribution >= 0.6 is 0 Å². The molecular weight excluding hydrogens is 280 g/mol. The summed E-state index contributed by atoms with van der Waals surface area (Å²) in [6.45, 7) is 0. The third kappa shape index (κ3) is 3.33. The van der Waals surface area contributed by atoms with Crippen LogP contribution in [0.4, 0.5) is 0 Å². The zero-order valence-electron chi connectivity index (χ0n) is 12.7. The maximum absolute atomic E-state index is 5.30. The largest absolute Gasteiger partial charge is 0.497 e. The highest BCUT2D eigenvalue weighted by molar-refractivity contribution is 5.28. The van der Waals surface area contributed by atoms with Gasteiger partial charge in [0, 0.05) is 38.7 Å². The summed E-state index contributed by atoms with van der Waals surface area (Å²) in [5.41, 5.74) is 1.12. The van der Waals surface area contributed by atoms with Crippen LogP contribution in [-0.4, -0.2) is 26.8 Å². The van der Waals surface area contributed by atoms with Crippen LogP contribution in [0, 0.1) is 0 Å². The maximum Gasteiger partial charge on any atom is 0.227 e. The van der Waals surface area contributed by atoms with Gasteiger partial charge in [0.2, 0.25) is 5.89 Å². The van der Waals surface area contributed by atoms with Crippen molar-refractivity contribution in [3.8, 4) is 5.75 Å². The first kappa shape index (κ1) is 14.3. The fraction of sp³-hybridized carbons (Fsp3) is 0.312. The molecule has 2 aromatic heterocycles. The number of hydrogen-bond donors (Lipinski definition) is 0. The Morgan fingerprint density at radius 1 is 1.18 bits per heavy atom. The highest BCUT2D eigenvalue weighted by atomic mass is 16.5. The number of methoxy groups -OCH3 is 1. The maximum atomic E-state index is 5.30. The molecule has 0 radical (unpaired) electrons. The highest BCUT2D eigenvalue weighted by Crippen LogP contribution is 2.14. The molecule has 0 atom stereocenters. The lowest BCUT2D eigenvalue weighted by atomic mass is 10.1. The van der Waals surface area contributed by atoms with Gasteiger partial charge in [-0.3, -0.25) is 0 Å². The summed E-state index contributed by atoms with van der Waals surface area (Å²) in [5.74, 6) is 3.19. The van der Waals surface area contributed by atoms with E-state index in [0.29, 0.717) is 24.6 Å². The van der Waals surface area contributed by atoms with Crippen LogP contribution in [0.3, 0.4) is 0 Å². The van der Waals surface area contributed by atoms with E-state index in [9.17, 15) is 0 Å². The number of aromatic nitrogens is 4. The molecule has 1 aromatic carbocycles. The van der Waals surface area contributed by atoms with Gasteiger partial charge in [0.1, 0.15) is 11.6 Å². The van der Waals surface area contributed by atoms with Crippen molar-refractivity contribution < 1.29 is 9.26 Å². The smallest absolute Gasteiger partial charge is 0.227 e. The minimum Gasteiger partial charge on any atom is -0.497 e. The first-order valence-corrected chi connectivity index (χ1v) is 7.15. The molecule has 6 nitrogen and oxygen atoms in total. The summed E-state index contributed by atoms with van der Waals surface area (Å²) in [4.78, 5) is 8.71. The van der Waals surface area contributed by atoms with Crippen molar-refractivity contribution in [1.82, 2.24) is 19.7 Å². The third-order valence-corrected chi connectivity index (χ3v) is 3.51. The van der Waals surface area contributed by atoms with Crippen molar-refractivity contribution in [1.29, 1.82) is 0 Å². The summed E-state index contributed by atoms with van der Waals surface area (Å²) < 4.78 is 12.4. The van der Waals surface area contributed by atoms with Crippen molar-refractivity contribution in [2.24, 2.45) is 7.05 Å². The average molecular weight is 298 g/mol. The molecule has 3 aromatic rings. The van der Waals surface area contributed by atoms with Crippen molar-refractivity contribution in [2.75, 3.05) is 7.11 Å². The van der Waals surface area contributed by atoms with Crippen LogP contribution in [0.15, 0.2) is 41.2 Å². The van der Waals surface area contributed by atoms with Crippen molar-refractivity contribution in [3.05, 3.63) is 59.8 Å². The minimum absolute atomic E-state index is 0.645. The molecule has 0 spiro atoms. The number of nitrogens with zero attached hydrogens (tertiary/aromatic N) is 4. The van der Waals surface area contributed by atoms with Gasteiger partial charge in [-0.05, 0) is 17.7 Å². The lowest BCUT2D eigenvalue weighted by Crippen LogP contribution is -2.00. The molecule has 0 saturated carbocycles. The standard InChI is InChI=1S/C16H18N4O2/c1-20-10-9-17-15(20)7-8-16-18-14(19-22-16)11-12-3-5-13(21-2)6-4-12/h3-6,9-10H,7-8,11H2,1-2H3. The molecule has 6 heteroatoms. The molecule has 114 valence electrons. The lowest BCUT2D eigenvalue weighted by Gasteiger charge is -2.00. The van der Waals surface area contributed by atoms with Gasteiger partial charge < -0.3 is 13.8 Å². The number of aryl methyl sites for hydroxylation is 3. The highest BCUT2D eigenvalue weighted by Gasteiger charge is 2.09. The molecule has 0 aliphatic carbocycles. The van der Waals surface area contributed by atoms with E-state index >= 15 is 0 Å². The van der Waals surface area contributed by atoms with Crippen molar-refractivity contribution >= 4 is 0 Å². The van der Waals surface area contributed by atoms with E-state index in [1.807, 2.05) is 42.1 Å². The zero-order chi connectivity index (χ0) is 15.4. The summed E-state index contributed by atoms with van der Waals surface area (Å²) in [6.07, 6.45) is 5.85. The molecule has 0 unspecified atom stereocenters. The molecule has 2 heterocycles. The van der Waals surface area contributed by atoms with E-state index in [4.69, 9.17) is 9.26 Å². The Morgan fingerprint density at radius 3 is 2.68 bits per heavy atom. The number of ether oxygens (including phenoxy) is 1. The van der Waals surface area contributed by atoms with Gasteiger partial charge >= 0.3 is 0 Å². The second-order valence-corrected chi connectivity index (χ2v) is 5.08. The topological polar surface area (TPSA) is 66.0 Å². The number of benzene rings is 1. The quantitative estimate of drug-likeness (QED) is 0.698. The van der Waals surface area contributed by atoms with E-state index in [2.05, 4.69) is 15.1 Å². The first-order valence-electron chi connectivity index (χ1n) is 7.15. The van der Waals surface area contributed by atoms with Crippen LogP contribution < -0.4 is 4.74 Å². The Labute approximate surface area is 128 Å². The lowest BCUT2D eigenvalue weighted by molar-refractivity contribution is 0.372. The summed E-state index contributed by atoms with van der Waals surface area (Å²) in [5, 5.41) is 4.03. The summed E-state index contributed by atoms with van der Waals surface area (Å²) >= 11 is 0. The second kappa shape index (κ2) is 6.43. The zero-order valence-corrected chi connectivity index (χ0v) is 12.7. The summed E-state index contributed by atoms with van der Waals surface area (Å²) in [6, 6.07) is 7.86. The van der Waals surface area contributed by atoms with Crippen LogP contribution in [0.5, 0.6) is 5.75 Å². The molecule has 0 aliphatic rings. The van der Waals surface area contributed by atoms with Crippen LogP contribution in [0.1, 0.15) is 23.1 Å². The number of hydrogen-bond acceptors (Lipinski definition) is 5. The Hall–Kier alpha value is -2.63. The van der Waals surface area contributed by atoms with E-state index < -0.39 is 0 Å². The van der Waals surface area contributed by atoms with Crippen molar-refractivity contribution in [2.45, 2.75) is 19.3 Å². The number of imidazole rings is 1. The molecule has 0 N–H and O–H groups in total. The van der Waals surface area contributed by atoms with Gasteiger partial charge in [-0.25, -0.2) is 4.98 Å². The summed E-state index contributed by atoms with van der Waals surface area (Å²) in [7, 11) is 3.63. The predicted molar refractivity (Wildman–Crippen MR) is 80.7 cm³/mol. The SMILES string of the molecule is COc1ccc(Cc2noc(CCc3nccn3C)n2)cc1. The monoisotopic (exact) mass is 298 g/mol. The van der Waals surface area contributed by atoms with E-state index in [0.717, 1.165) is 23.6 Å². The van der Waals surface area contributed by atoms with Crippen molar-refractivity contribution in [3.63, 3.8) is 0 Å². The molecule has 0 amide bonds. The fourth-order valence-corrected chi connectivity index (χ4v) is 2.25. The second-order valence-electron chi connectivity index (χ2n) is 5.08.